The van der Waals surface area contributed by atoms with E-state index >= 15 is 0 Å². The van der Waals surface area contributed by atoms with E-state index in [0.29, 0.717) is 13.2 Å². The summed E-state index contributed by atoms with van der Waals surface area (Å²) in [6.07, 6.45) is 4.33. The van der Waals surface area contributed by atoms with Crippen LogP contribution in [-0.2, 0) is 9.53 Å². The summed E-state index contributed by atoms with van der Waals surface area (Å²) in [6.45, 7) is 1.70. The van der Waals surface area contributed by atoms with E-state index in [2.05, 4.69) is 17.2 Å². The van der Waals surface area contributed by atoms with Gasteiger partial charge in [-0.05, 0) is 12.5 Å². The minimum atomic E-state index is -0.809. The van der Waals surface area contributed by atoms with Crippen LogP contribution in [-0.4, -0.2) is 43.3 Å². The molecule has 0 spiro atoms. The Morgan fingerprint density at radius 1 is 1.50 bits per heavy atom. The van der Waals surface area contributed by atoms with Crippen molar-refractivity contribution in [1.29, 1.82) is 0 Å². The van der Waals surface area contributed by atoms with Crippen molar-refractivity contribution in [2.75, 3.05) is 32.3 Å². The second-order valence-corrected chi connectivity index (χ2v) is 4.66. The third-order valence-corrected chi connectivity index (χ3v) is 1.99. The van der Waals surface area contributed by atoms with Crippen LogP contribution in [0.1, 0.15) is 6.42 Å². The number of aliphatic carboxylic acids is 1. The Labute approximate surface area is 75.8 Å². The van der Waals surface area contributed by atoms with Crippen molar-refractivity contribution in [3.8, 4) is 0 Å². The highest BCUT2D eigenvalue weighted by atomic mass is 32.2. The van der Waals surface area contributed by atoms with Crippen LogP contribution in [0, 0.1) is 0 Å². The molecule has 0 aliphatic carbocycles. The molecule has 0 unspecified atom stereocenters. The highest BCUT2D eigenvalue weighted by Gasteiger charge is 1.95. The SMILES string of the molecule is C[SH](C)NCCOCCC(=O)O. The van der Waals surface area contributed by atoms with Gasteiger partial charge in [-0.25, -0.2) is 11.1 Å². The first-order chi connectivity index (χ1) is 5.63. The Morgan fingerprint density at radius 3 is 2.67 bits per heavy atom. The summed E-state index contributed by atoms with van der Waals surface area (Å²) >= 11 is -0.0801. The van der Waals surface area contributed by atoms with E-state index in [1.165, 1.54) is 0 Å². The number of hydrogen-bond donors (Lipinski definition) is 3. The Kier molecular flexibility index (Phi) is 7.23. The molecule has 0 heterocycles. The molecule has 0 amide bonds. The highest BCUT2D eigenvalue weighted by Crippen LogP contribution is 2.03. The summed E-state index contributed by atoms with van der Waals surface area (Å²) in [7, 11) is 0. The maximum Gasteiger partial charge on any atom is 0.305 e. The Balaban J connectivity index is 2.96. The molecule has 0 aromatic rings. The van der Waals surface area contributed by atoms with Crippen LogP contribution in [0.3, 0.4) is 0 Å². The molecule has 0 rings (SSSR count). The van der Waals surface area contributed by atoms with Gasteiger partial charge in [0.2, 0.25) is 0 Å². The summed E-state index contributed by atoms with van der Waals surface area (Å²) in [4.78, 5) is 10.0. The average Bonchev–Trinajstić information content (AvgIpc) is 1.95. The van der Waals surface area contributed by atoms with E-state index in [0.717, 1.165) is 6.54 Å². The summed E-state index contributed by atoms with van der Waals surface area (Å²) in [6, 6.07) is 0. The van der Waals surface area contributed by atoms with Crippen LogP contribution in [0.25, 0.3) is 0 Å². The Morgan fingerprint density at radius 2 is 2.17 bits per heavy atom. The fourth-order valence-corrected chi connectivity index (χ4v) is 1.14. The highest BCUT2D eigenvalue weighted by molar-refractivity contribution is 8.14. The van der Waals surface area contributed by atoms with Gasteiger partial charge in [-0.15, -0.1) is 0 Å². The van der Waals surface area contributed by atoms with E-state index in [-0.39, 0.29) is 17.5 Å². The molecule has 0 aliphatic heterocycles. The van der Waals surface area contributed by atoms with Crippen LogP contribution in [0.2, 0.25) is 0 Å². The number of hydrogen-bond acceptors (Lipinski definition) is 3. The topological polar surface area (TPSA) is 58.6 Å². The molecule has 0 radical (unpaired) electrons. The van der Waals surface area contributed by atoms with Crippen LogP contribution < -0.4 is 4.72 Å². The zero-order valence-electron chi connectivity index (χ0n) is 7.54. The zero-order valence-corrected chi connectivity index (χ0v) is 8.43. The van der Waals surface area contributed by atoms with Gasteiger partial charge in [-0.1, -0.05) is 0 Å². The van der Waals surface area contributed by atoms with Crippen molar-refractivity contribution in [2.24, 2.45) is 0 Å². The molecule has 0 fully saturated rings. The molecule has 0 bridgehead atoms. The predicted octanol–water partition coefficient (Wildman–Crippen LogP) is 0.243. The fraction of sp³-hybridized carbons (Fsp3) is 0.857. The van der Waals surface area contributed by atoms with Gasteiger partial charge in [0.15, 0.2) is 0 Å². The number of rotatable bonds is 7. The molecule has 0 saturated heterocycles. The molecule has 4 nitrogen and oxygen atoms in total. The lowest BCUT2D eigenvalue weighted by molar-refractivity contribution is -0.138. The van der Waals surface area contributed by atoms with Gasteiger partial charge in [0.25, 0.3) is 0 Å². The quantitative estimate of drug-likeness (QED) is 0.402. The number of carbonyl (C=O) groups is 1. The van der Waals surface area contributed by atoms with Crippen LogP contribution >= 0.6 is 11.1 Å². The maximum absolute atomic E-state index is 10.0. The minimum absolute atomic E-state index is 0.0801. The number of thiol groups is 1. The molecule has 0 aromatic carbocycles. The van der Waals surface area contributed by atoms with Crippen molar-refractivity contribution < 1.29 is 14.6 Å². The Hall–Kier alpha value is -0.260. The molecular weight excluding hydrogens is 178 g/mol. The fourth-order valence-electron chi connectivity index (χ4n) is 0.603. The first kappa shape index (κ1) is 11.7. The number of carboxylic acids is 1. The van der Waals surface area contributed by atoms with Crippen molar-refractivity contribution in [2.45, 2.75) is 6.42 Å². The van der Waals surface area contributed by atoms with Gasteiger partial charge in [0.1, 0.15) is 0 Å². The number of carboxylic acid groups (broad SMARTS) is 1. The van der Waals surface area contributed by atoms with Gasteiger partial charge in [-0.2, -0.15) is 0 Å². The first-order valence-corrected chi connectivity index (χ1v) is 6.07. The maximum atomic E-state index is 10.0. The summed E-state index contributed by atoms with van der Waals surface area (Å²) in [5.41, 5.74) is 0. The summed E-state index contributed by atoms with van der Waals surface area (Å²) in [5, 5.41) is 8.27. The third kappa shape index (κ3) is 9.74. The van der Waals surface area contributed by atoms with E-state index in [1.807, 2.05) is 0 Å². The standard InChI is InChI=1S/C7H17NO3S/c1-12(2)8-4-6-11-5-3-7(9)10/h8,12H,3-6H2,1-2H3,(H,9,10). The van der Waals surface area contributed by atoms with E-state index in [9.17, 15) is 4.79 Å². The lowest BCUT2D eigenvalue weighted by Crippen LogP contribution is -2.16. The number of nitrogens with one attached hydrogen (secondary N) is 1. The lowest BCUT2D eigenvalue weighted by atomic mass is 10.5. The van der Waals surface area contributed by atoms with E-state index < -0.39 is 5.97 Å². The number of ether oxygens (including phenoxy) is 1. The van der Waals surface area contributed by atoms with Crippen molar-refractivity contribution in [1.82, 2.24) is 4.72 Å². The molecule has 2 N–H and O–H groups in total. The van der Waals surface area contributed by atoms with Gasteiger partial charge in [0, 0.05) is 6.54 Å². The Bertz CT molecular complexity index is 130. The summed E-state index contributed by atoms with van der Waals surface area (Å²) in [5.74, 6) is -0.809. The zero-order chi connectivity index (χ0) is 9.40. The molecule has 0 saturated carbocycles. The normalized spacial score (nSPS) is 11.3. The van der Waals surface area contributed by atoms with Crippen molar-refractivity contribution in [3.63, 3.8) is 0 Å². The van der Waals surface area contributed by atoms with Gasteiger partial charge in [-0.3, -0.25) is 9.52 Å². The van der Waals surface area contributed by atoms with Gasteiger partial charge >= 0.3 is 5.97 Å². The van der Waals surface area contributed by atoms with Crippen LogP contribution in [0.15, 0.2) is 0 Å². The minimum Gasteiger partial charge on any atom is -0.481 e. The van der Waals surface area contributed by atoms with Crippen LogP contribution in [0.4, 0.5) is 0 Å². The summed E-state index contributed by atoms with van der Waals surface area (Å²) < 4.78 is 8.29. The second kappa shape index (κ2) is 7.39. The largest absolute Gasteiger partial charge is 0.481 e. The van der Waals surface area contributed by atoms with Crippen molar-refractivity contribution >= 4 is 17.1 Å². The predicted molar refractivity (Wildman–Crippen MR) is 51.9 cm³/mol. The van der Waals surface area contributed by atoms with E-state index in [1.54, 1.807) is 0 Å². The first-order valence-electron chi connectivity index (χ1n) is 3.83. The lowest BCUT2D eigenvalue weighted by Gasteiger charge is -2.11. The molecule has 5 heteroatoms. The molecular formula is C7H17NO3S. The van der Waals surface area contributed by atoms with Crippen LogP contribution in [0.5, 0.6) is 0 Å². The van der Waals surface area contributed by atoms with Crippen molar-refractivity contribution in [3.05, 3.63) is 0 Å². The molecule has 0 aliphatic rings. The van der Waals surface area contributed by atoms with E-state index in [4.69, 9.17) is 9.84 Å². The molecule has 0 atom stereocenters. The average molecular weight is 195 g/mol. The molecule has 12 heavy (non-hydrogen) atoms. The van der Waals surface area contributed by atoms with Gasteiger partial charge < -0.3 is 9.84 Å². The molecule has 74 valence electrons. The third-order valence-electron chi connectivity index (χ3n) is 1.13. The smallest absolute Gasteiger partial charge is 0.305 e. The molecule has 0 aromatic heterocycles. The monoisotopic (exact) mass is 195 g/mol. The van der Waals surface area contributed by atoms with Gasteiger partial charge in [0.05, 0.1) is 19.6 Å². The second-order valence-electron chi connectivity index (χ2n) is 2.56.